The van der Waals surface area contributed by atoms with Gasteiger partial charge in [0.1, 0.15) is 11.6 Å². The second kappa shape index (κ2) is 6.48. The largest absolute Gasteiger partial charge is 0.497 e. The van der Waals surface area contributed by atoms with Gasteiger partial charge in [-0.25, -0.2) is 9.67 Å². The minimum absolute atomic E-state index is 0.541. The van der Waals surface area contributed by atoms with Crippen molar-refractivity contribution in [1.82, 2.24) is 19.7 Å². The van der Waals surface area contributed by atoms with E-state index in [0.29, 0.717) is 5.95 Å². The lowest BCUT2D eigenvalue weighted by atomic mass is 10.2. The molecule has 2 aromatic carbocycles. The SMILES string of the molecule is COc1cccc(Nc2nc(-n3nc(C)cc3C)nc3ccccc23)c1. The molecule has 1 N–H and O–H groups in total. The van der Waals surface area contributed by atoms with E-state index in [-0.39, 0.29) is 0 Å². The molecule has 4 aromatic rings. The molecule has 0 radical (unpaired) electrons. The molecule has 6 heteroatoms. The summed E-state index contributed by atoms with van der Waals surface area (Å²) >= 11 is 0. The molecule has 0 saturated carbocycles. The predicted octanol–water partition coefficient (Wildman–Crippen LogP) is 4.18. The average Bonchev–Trinajstić information content (AvgIpc) is 3.00. The van der Waals surface area contributed by atoms with Crippen molar-refractivity contribution in [3.05, 3.63) is 66.0 Å². The molecule has 2 heterocycles. The number of fused-ring (bicyclic) bond motifs is 1. The highest BCUT2D eigenvalue weighted by Gasteiger charge is 2.12. The van der Waals surface area contributed by atoms with Crippen LogP contribution in [0, 0.1) is 13.8 Å². The Labute approximate surface area is 151 Å². The quantitative estimate of drug-likeness (QED) is 0.601. The van der Waals surface area contributed by atoms with E-state index >= 15 is 0 Å². The van der Waals surface area contributed by atoms with Gasteiger partial charge in [0, 0.05) is 22.8 Å². The van der Waals surface area contributed by atoms with Crippen LogP contribution in [-0.4, -0.2) is 26.9 Å². The number of methoxy groups -OCH3 is 1. The molecule has 6 nitrogen and oxygen atoms in total. The Bertz CT molecular complexity index is 1090. The zero-order valence-corrected chi connectivity index (χ0v) is 14.9. The van der Waals surface area contributed by atoms with Gasteiger partial charge in [-0.05, 0) is 44.2 Å². The molecule has 0 atom stereocenters. The van der Waals surface area contributed by atoms with Crippen molar-refractivity contribution < 1.29 is 4.74 Å². The first-order valence-electron chi connectivity index (χ1n) is 8.35. The number of nitrogens with zero attached hydrogens (tertiary/aromatic N) is 4. The normalized spacial score (nSPS) is 10.9. The number of nitrogens with one attached hydrogen (secondary N) is 1. The third-order valence-corrected chi connectivity index (χ3v) is 4.12. The molecular formula is C20H19N5O. The van der Waals surface area contributed by atoms with Crippen LogP contribution in [0.5, 0.6) is 5.75 Å². The maximum absolute atomic E-state index is 5.30. The number of hydrogen-bond acceptors (Lipinski definition) is 5. The van der Waals surface area contributed by atoms with E-state index in [9.17, 15) is 0 Å². The Morgan fingerprint density at radius 3 is 2.58 bits per heavy atom. The first-order valence-corrected chi connectivity index (χ1v) is 8.35. The van der Waals surface area contributed by atoms with Crippen molar-refractivity contribution in [3.63, 3.8) is 0 Å². The number of benzene rings is 2. The lowest BCUT2D eigenvalue weighted by Crippen LogP contribution is -2.07. The molecule has 0 spiro atoms. The van der Waals surface area contributed by atoms with Gasteiger partial charge in [-0.3, -0.25) is 0 Å². The Morgan fingerprint density at radius 1 is 0.962 bits per heavy atom. The minimum Gasteiger partial charge on any atom is -0.497 e. The van der Waals surface area contributed by atoms with Crippen LogP contribution in [0.1, 0.15) is 11.4 Å². The van der Waals surface area contributed by atoms with Gasteiger partial charge in [-0.1, -0.05) is 18.2 Å². The fourth-order valence-electron chi connectivity index (χ4n) is 2.92. The van der Waals surface area contributed by atoms with E-state index in [0.717, 1.165) is 39.5 Å². The van der Waals surface area contributed by atoms with Gasteiger partial charge in [0.2, 0.25) is 0 Å². The summed E-state index contributed by atoms with van der Waals surface area (Å²) in [6.07, 6.45) is 0. The molecule has 0 unspecified atom stereocenters. The van der Waals surface area contributed by atoms with Crippen molar-refractivity contribution in [2.24, 2.45) is 0 Å². The molecule has 0 amide bonds. The summed E-state index contributed by atoms with van der Waals surface area (Å²) in [5, 5.41) is 8.84. The lowest BCUT2D eigenvalue weighted by molar-refractivity contribution is 0.415. The summed E-state index contributed by atoms with van der Waals surface area (Å²) in [7, 11) is 1.65. The molecule has 0 aliphatic heterocycles. The third-order valence-electron chi connectivity index (χ3n) is 4.12. The monoisotopic (exact) mass is 345 g/mol. The molecule has 0 aliphatic carbocycles. The average molecular weight is 345 g/mol. The van der Waals surface area contributed by atoms with Gasteiger partial charge >= 0.3 is 0 Å². The first-order chi connectivity index (χ1) is 12.6. The Kier molecular flexibility index (Phi) is 4.01. The summed E-state index contributed by atoms with van der Waals surface area (Å²) in [5.41, 5.74) is 3.68. The van der Waals surface area contributed by atoms with Crippen molar-refractivity contribution in [2.75, 3.05) is 12.4 Å². The Balaban J connectivity index is 1.85. The van der Waals surface area contributed by atoms with E-state index in [4.69, 9.17) is 9.72 Å². The number of aryl methyl sites for hydroxylation is 2. The molecular weight excluding hydrogens is 326 g/mol. The van der Waals surface area contributed by atoms with Crippen LogP contribution in [0.25, 0.3) is 16.9 Å². The molecule has 26 heavy (non-hydrogen) atoms. The highest BCUT2D eigenvalue weighted by atomic mass is 16.5. The van der Waals surface area contributed by atoms with Gasteiger partial charge in [0.05, 0.1) is 18.3 Å². The van der Waals surface area contributed by atoms with Crippen LogP contribution >= 0.6 is 0 Å². The van der Waals surface area contributed by atoms with Gasteiger partial charge < -0.3 is 10.1 Å². The Hall–Kier alpha value is -3.41. The number of hydrogen-bond donors (Lipinski definition) is 1. The molecule has 2 aromatic heterocycles. The van der Waals surface area contributed by atoms with Crippen LogP contribution < -0.4 is 10.1 Å². The number of ether oxygens (including phenoxy) is 1. The molecule has 0 bridgehead atoms. The fourth-order valence-corrected chi connectivity index (χ4v) is 2.92. The van der Waals surface area contributed by atoms with Crippen LogP contribution in [0.2, 0.25) is 0 Å². The maximum atomic E-state index is 5.30. The van der Waals surface area contributed by atoms with E-state index in [1.165, 1.54) is 0 Å². The number of para-hydroxylation sites is 1. The van der Waals surface area contributed by atoms with E-state index in [2.05, 4.69) is 15.4 Å². The van der Waals surface area contributed by atoms with Gasteiger partial charge in [0.25, 0.3) is 5.95 Å². The predicted molar refractivity (Wildman–Crippen MR) is 102 cm³/mol. The Morgan fingerprint density at radius 2 is 1.81 bits per heavy atom. The van der Waals surface area contributed by atoms with Crippen molar-refractivity contribution in [3.8, 4) is 11.7 Å². The second-order valence-corrected chi connectivity index (χ2v) is 6.09. The highest BCUT2D eigenvalue weighted by molar-refractivity contribution is 5.91. The third kappa shape index (κ3) is 2.97. The van der Waals surface area contributed by atoms with E-state index in [1.54, 1.807) is 11.8 Å². The van der Waals surface area contributed by atoms with E-state index < -0.39 is 0 Å². The molecule has 0 aliphatic rings. The summed E-state index contributed by atoms with van der Waals surface area (Å²) in [5.74, 6) is 2.05. The highest BCUT2D eigenvalue weighted by Crippen LogP contribution is 2.26. The minimum atomic E-state index is 0.541. The second-order valence-electron chi connectivity index (χ2n) is 6.09. The summed E-state index contributed by atoms with van der Waals surface area (Å²) in [6.45, 7) is 3.95. The van der Waals surface area contributed by atoms with Crippen molar-refractivity contribution in [1.29, 1.82) is 0 Å². The molecule has 130 valence electrons. The summed E-state index contributed by atoms with van der Waals surface area (Å²) in [6, 6.07) is 17.7. The van der Waals surface area contributed by atoms with Crippen LogP contribution in [0.4, 0.5) is 11.5 Å². The topological polar surface area (TPSA) is 64.9 Å². The molecule has 4 rings (SSSR count). The van der Waals surface area contributed by atoms with Gasteiger partial charge in [-0.15, -0.1) is 0 Å². The van der Waals surface area contributed by atoms with Gasteiger partial charge in [-0.2, -0.15) is 10.1 Å². The smallest absolute Gasteiger partial charge is 0.253 e. The zero-order valence-electron chi connectivity index (χ0n) is 14.9. The summed E-state index contributed by atoms with van der Waals surface area (Å²) in [4.78, 5) is 9.41. The van der Waals surface area contributed by atoms with Crippen LogP contribution in [-0.2, 0) is 0 Å². The molecule has 0 fully saturated rings. The first kappa shape index (κ1) is 16.1. The van der Waals surface area contributed by atoms with Crippen LogP contribution in [0.3, 0.4) is 0 Å². The fraction of sp³-hybridized carbons (Fsp3) is 0.150. The molecule has 0 saturated heterocycles. The van der Waals surface area contributed by atoms with Crippen molar-refractivity contribution in [2.45, 2.75) is 13.8 Å². The van der Waals surface area contributed by atoms with Crippen molar-refractivity contribution >= 4 is 22.4 Å². The number of aromatic nitrogens is 4. The number of anilines is 2. The number of rotatable bonds is 4. The summed E-state index contributed by atoms with van der Waals surface area (Å²) < 4.78 is 7.07. The van der Waals surface area contributed by atoms with Crippen LogP contribution in [0.15, 0.2) is 54.6 Å². The van der Waals surface area contributed by atoms with E-state index in [1.807, 2.05) is 68.4 Å². The van der Waals surface area contributed by atoms with Gasteiger partial charge in [0.15, 0.2) is 0 Å². The standard InChI is InChI=1S/C20H19N5O/c1-13-11-14(2)25(24-13)20-22-18-10-5-4-9-17(18)19(23-20)21-15-7-6-8-16(12-15)26-3/h4-12H,1-3H3,(H,21,22,23). The maximum Gasteiger partial charge on any atom is 0.253 e. The zero-order chi connectivity index (χ0) is 18.1. The lowest BCUT2D eigenvalue weighted by Gasteiger charge is -2.12.